The average molecular weight is 459 g/mol. The minimum absolute atomic E-state index is 0.0566. The third-order valence-corrected chi connectivity index (χ3v) is 4.88. The van der Waals surface area contributed by atoms with Crippen LogP contribution in [0.2, 0.25) is 0 Å². The van der Waals surface area contributed by atoms with Crippen molar-refractivity contribution < 1.29 is 4.74 Å². The van der Waals surface area contributed by atoms with Crippen LogP contribution >= 0.6 is 31.9 Å². The highest BCUT2D eigenvalue weighted by molar-refractivity contribution is 9.11. The van der Waals surface area contributed by atoms with Gasteiger partial charge in [0.15, 0.2) is 0 Å². The third kappa shape index (κ3) is 5.03. The molecule has 0 fully saturated rings. The number of ether oxygens (including phenoxy) is 1. The van der Waals surface area contributed by atoms with Crippen molar-refractivity contribution in [2.24, 2.45) is 4.99 Å². The second kappa shape index (κ2) is 8.45. The van der Waals surface area contributed by atoms with Crippen molar-refractivity contribution in [3.63, 3.8) is 0 Å². The first-order valence-corrected chi connectivity index (χ1v) is 9.51. The minimum Gasteiger partial charge on any atom is -0.457 e. The van der Waals surface area contributed by atoms with E-state index in [2.05, 4.69) is 49.8 Å². The van der Waals surface area contributed by atoms with Crippen molar-refractivity contribution in [1.82, 2.24) is 0 Å². The quantitative estimate of drug-likeness (QED) is 0.371. The maximum atomic E-state index is 5.87. The fourth-order valence-electron chi connectivity index (χ4n) is 2.40. The van der Waals surface area contributed by atoms with E-state index in [0.717, 1.165) is 31.6 Å². The predicted molar refractivity (Wildman–Crippen MR) is 111 cm³/mol. The lowest BCUT2D eigenvalue weighted by molar-refractivity contribution is 0.482. The molecule has 0 saturated heterocycles. The number of para-hydroxylation sites is 1. The van der Waals surface area contributed by atoms with E-state index in [-0.39, 0.29) is 6.04 Å². The smallest absolute Gasteiger partial charge is 0.128 e. The molecule has 1 unspecified atom stereocenters. The van der Waals surface area contributed by atoms with Crippen LogP contribution in [0.4, 0.5) is 0 Å². The summed E-state index contributed by atoms with van der Waals surface area (Å²) in [6, 6.07) is 23.9. The van der Waals surface area contributed by atoms with Gasteiger partial charge in [0, 0.05) is 15.2 Å². The van der Waals surface area contributed by atoms with Crippen LogP contribution in [0.25, 0.3) is 0 Å². The number of hydrogen-bond donors (Lipinski definition) is 0. The Kier molecular flexibility index (Phi) is 6.05. The Bertz CT molecular complexity index is 878. The highest BCUT2D eigenvalue weighted by Crippen LogP contribution is 2.29. The second-order valence-electron chi connectivity index (χ2n) is 5.61. The van der Waals surface area contributed by atoms with Gasteiger partial charge in [-0.05, 0) is 54.4 Å². The zero-order valence-electron chi connectivity index (χ0n) is 13.7. The number of nitrogens with zero attached hydrogens (tertiary/aromatic N) is 1. The SMILES string of the molecule is CC(/N=C/c1cccc(Oc2ccccc2)c1)c1ccc(Br)cc1Br. The molecular weight excluding hydrogens is 442 g/mol. The summed E-state index contributed by atoms with van der Waals surface area (Å²) in [6.45, 7) is 2.08. The molecule has 0 heterocycles. The molecule has 3 aromatic carbocycles. The van der Waals surface area contributed by atoms with Crippen LogP contribution in [-0.4, -0.2) is 6.21 Å². The Balaban J connectivity index is 1.74. The van der Waals surface area contributed by atoms with Crippen molar-refractivity contribution in [3.05, 3.63) is 92.9 Å². The fraction of sp³-hybridized carbons (Fsp3) is 0.0952. The van der Waals surface area contributed by atoms with E-state index in [9.17, 15) is 0 Å². The second-order valence-corrected chi connectivity index (χ2v) is 7.38. The number of hydrogen-bond acceptors (Lipinski definition) is 2. The molecule has 3 rings (SSSR count). The molecule has 0 spiro atoms. The summed E-state index contributed by atoms with van der Waals surface area (Å²) in [7, 11) is 0. The Morgan fingerprint density at radius 3 is 2.40 bits per heavy atom. The molecule has 0 N–H and O–H groups in total. The van der Waals surface area contributed by atoms with E-state index in [1.807, 2.05) is 72.9 Å². The van der Waals surface area contributed by atoms with Crippen LogP contribution < -0.4 is 4.74 Å². The van der Waals surface area contributed by atoms with Crippen LogP contribution in [0.3, 0.4) is 0 Å². The predicted octanol–water partition coefficient (Wildman–Crippen LogP) is 7.18. The van der Waals surface area contributed by atoms with Crippen molar-refractivity contribution in [3.8, 4) is 11.5 Å². The van der Waals surface area contributed by atoms with E-state index in [1.54, 1.807) is 0 Å². The number of rotatable bonds is 5. The van der Waals surface area contributed by atoms with Crippen LogP contribution in [0.15, 0.2) is 86.7 Å². The molecule has 0 aromatic heterocycles. The lowest BCUT2D eigenvalue weighted by atomic mass is 10.1. The molecule has 1 atom stereocenters. The molecule has 0 aliphatic carbocycles. The molecule has 25 heavy (non-hydrogen) atoms. The van der Waals surface area contributed by atoms with Gasteiger partial charge in [-0.1, -0.05) is 68.3 Å². The molecular formula is C21H17Br2NO. The van der Waals surface area contributed by atoms with Crippen molar-refractivity contribution in [2.45, 2.75) is 13.0 Å². The van der Waals surface area contributed by atoms with E-state index in [1.165, 1.54) is 0 Å². The van der Waals surface area contributed by atoms with Crippen molar-refractivity contribution in [1.29, 1.82) is 0 Å². The van der Waals surface area contributed by atoms with Crippen LogP contribution in [0.5, 0.6) is 11.5 Å². The van der Waals surface area contributed by atoms with Crippen molar-refractivity contribution >= 4 is 38.1 Å². The standard InChI is InChI=1S/C21H17Br2NO/c1-15(20-11-10-17(22)13-21(20)23)24-14-16-6-5-9-19(12-16)25-18-7-3-2-4-8-18/h2-15H,1H3/b24-14+. The largest absolute Gasteiger partial charge is 0.457 e. The Morgan fingerprint density at radius 1 is 0.880 bits per heavy atom. The van der Waals surface area contributed by atoms with Crippen LogP contribution in [-0.2, 0) is 0 Å². The summed E-state index contributed by atoms with van der Waals surface area (Å²) < 4.78 is 7.96. The molecule has 0 amide bonds. The van der Waals surface area contributed by atoms with Gasteiger partial charge in [-0.2, -0.15) is 0 Å². The van der Waals surface area contributed by atoms with Gasteiger partial charge in [0.05, 0.1) is 6.04 Å². The summed E-state index contributed by atoms with van der Waals surface area (Å²) in [5.74, 6) is 1.62. The first-order valence-electron chi connectivity index (χ1n) is 7.93. The Hall–Kier alpha value is -1.91. The van der Waals surface area contributed by atoms with Gasteiger partial charge >= 0.3 is 0 Å². The van der Waals surface area contributed by atoms with Gasteiger partial charge in [0.25, 0.3) is 0 Å². The van der Waals surface area contributed by atoms with Gasteiger partial charge in [-0.15, -0.1) is 0 Å². The van der Waals surface area contributed by atoms with Gasteiger partial charge in [0.2, 0.25) is 0 Å². The summed E-state index contributed by atoms with van der Waals surface area (Å²) in [6.07, 6.45) is 1.89. The highest BCUT2D eigenvalue weighted by Gasteiger charge is 2.07. The van der Waals surface area contributed by atoms with Crippen molar-refractivity contribution in [2.75, 3.05) is 0 Å². The summed E-state index contributed by atoms with van der Waals surface area (Å²) >= 11 is 7.07. The average Bonchev–Trinajstić information content (AvgIpc) is 2.61. The molecule has 126 valence electrons. The van der Waals surface area contributed by atoms with E-state index in [4.69, 9.17) is 4.74 Å². The summed E-state index contributed by atoms with van der Waals surface area (Å²) in [5, 5.41) is 0. The molecule has 0 aliphatic heterocycles. The van der Waals surface area contributed by atoms with Gasteiger partial charge < -0.3 is 4.74 Å². The first-order chi connectivity index (χ1) is 12.1. The Labute approximate surface area is 164 Å². The maximum Gasteiger partial charge on any atom is 0.128 e. The maximum absolute atomic E-state index is 5.87. The normalized spacial score (nSPS) is 12.3. The minimum atomic E-state index is 0.0566. The number of aliphatic imine (C=N–C) groups is 1. The topological polar surface area (TPSA) is 21.6 Å². The molecule has 0 aliphatic rings. The van der Waals surface area contributed by atoms with Gasteiger partial charge in [-0.25, -0.2) is 0 Å². The van der Waals surface area contributed by atoms with E-state index >= 15 is 0 Å². The number of benzene rings is 3. The van der Waals surface area contributed by atoms with Crippen LogP contribution in [0.1, 0.15) is 24.1 Å². The number of halogens is 2. The monoisotopic (exact) mass is 457 g/mol. The molecule has 2 nitrogen and oxygen atoms in total. The van der Waals surface area contributed by atoms with E-state index in [0.29, 0.717) is 0 Å². The first kappa shape index (κ1) is 17.9. The zero-order chi connectivity index (χ0) is 17.6. The summed E-state index contributed by atoms with van der Waals surface area (Å²) in [4.78, 5) is 4.68. The molecule has 0 bridgehead atoms. The van der Waals surface area contributed by atoms with Gasteiger partial charge in [0.1, 0.15) is 11.5 Å². The van der Waals surface area contributed by atoms with E-state index < -0.39 is 0 Å². The highest BCUT2D eigenvalue weighted by atomic mass is 79.9. The Morgan fingerprint density at radius 2 is 1.64 bits per heavy atom. The zero-order valence-corrected chi connectivity index (χ0v) is 16.9. The lowest BCUT2D eigenvalue weighted by Gasteiger charge is -2.10. The van der Waals surface area contributed by atoms with Gasteiger partial charge in [-0.3, -0.25) is 4.99 Å². The molecule has 3 aromatic rings. The summed E-state index contributed by atoms with van der Waals surface area (Å²) in [5.41, 5.74) is 2.16. The molecule has 0 saturated carbocycles. The third-order valence-electron chi connectivity index (χ3n) is 3.70. The fourth-order valence-corrected chi connectivity index (χ4v) is 3.78. The lowest BCUT2D eigenvalue weighted by Crippen LogP contribution is -1.93. The molecule has 4 heteroatoms. The molecule has 0 radical (unpaired) electrons. The van der Waals surface area contributed by atoms with Crippen LogP contribution in [0, 0.1) is 0 Å².